The fourth-order valence-electron chi connectivity index (χ4n) is 4.10. The molecule has 0 amide bonds. The molecule has 2 bridgehead atoms. The van der Waals surface area contributed by atoms with Gasteiger partial charge in [-0.15, -0.1) is 11.6 Å². The molecule has 0 aromatic heterocycles. The van der Waals surface area contributed by atoms with Crippen molar-refractivity contribution in [2.24, 2.45) is 17.3 Å². The minimum Gasteiger partial charge on any atom is -0.404 e. The molecule has 4 aliphatic rings. The second-order valence-electron chi connectivity index (χ2n) is 6.51. The summed E-state index contributed by atoms with van der Waals surface area (Å²) in [7, 11) is -0.216. The highest BCUT2D eigenvalue weighted by Gasteiger charge is 2.68. The standard InChI is InChI=1S/C12H20BClO2/c1-7(14)13-15-10-6-8-5-9(11(8,2)3)12(10,4)16-13/h7-10H,5-6H2,1-4H3/t7-,8?,9?,10-,12+/m1/s1. The summed E-state index contributed by atoms with van der Waals surface area (Å²) in [6.45, 7) is 8.91. The molecular weight excluding hydrogens is 222 g/mol. The molecule has 16 heavy (non-hydrogen) atoms. The van der Waals surface area contributed by atoms with Crippen LogP contribution >= 0.6 is 11.6 Å². The van der Waals surface area contributed by atoms with E-state index in [9.17, 15) is 0 Å². The fourth-order valence-corrected chi connectivity index (χ4v) is 4.21. The lowest BCUT2D eigenvalue weighted by Gasteiger charge is -2.64. The largest absolute Gasteiger partial charge is 0.476 e. The van der Waals surface area contributed by atoms with Gasteiger partial charge in [0.25, 0.3) is 0 Å². The van der Waals surface area contributed by atoms with Crippen LogP contribution in [0.5, 0.6) is 0 Å². The Morgan fingerprint density at radius 1 is 1.31 bits per heavy atom. The zero-order valence-corrected chi connectivity index (χ0v) is 11.3. The predicted octanol–water partition coefficient (Wildman–Crippen LogP) is 2.88. The molecule has 4 rings (SSSR count). The van der Waals surface area contributed by atoms with Crippen LogP contribution in [0.4, 0.5) is 0 Å². The summed E-state index contributed by atoms with van der Waals surface area (Å²) in [5, 5.41) is -0.0669. The first-order valence-electron chi connectivity index (χ1n) is 6.33. The topological polar surface area (TPSA) is 18.5 Å². The maximum Gasteiger partial charge on any atom is 0.476 e. The quantitative estimate of drug-likeness (QED) is 0.520. The average molecular weight is 243 g/mol. The molecule has 4 fully saturated rings. The summed E-state index contributed by atoms with van der Waals surface area (Å²) in [6, 6.07) is 0. The maximum atomic E-state index is 6.15. The third-order valence-electron chi connectivity index (χ3n) is 5.34. The molecule has 0 spiro atoms. The van der Waals surface area contributed by atoms with Gasteiger partial charge in [0, 0.05) is 0 Å². The highest BCUT2D eigenvalue weighted by Crippen LogP contribution is 2.65. The molecule has 0 aromatic rings. The Hall–Kier alpha value is 0.275. The molecule has 0 N–H and O–H groups in total. The van der Waals surface area contributed by atoms with Crippen LogP contribution in [0.2, 0.25) is 0 Å². The molecule has 0 aromatic carbocycles. The SMILES string of the molecule is C[C@@H](Cl)B1O[C@@H]2CC3CC(C3(C)C)[C@]2(C)O1. The van der Waals surface area contributed by atoms with Gasteiger partial charge >= 0.3 is 7.12 Å². The molecular formula is C12H20BClO2. The van der Waals surface area contributed by atoms with Crippen molar-refractivity contribution >= 4 is 18.7 Å². The number of alkyl halides is 1. The van der Waals surface area contributed by atoms with Gasteiger partial charge in [0.2, 0.25) is 0 Å². The maximum absolute atomic E-state index is 6.15. The van der Waals surface area contributed by atoms with Crippen LogP contribution in [-0.2, 0) is 9.31 Å². The Morgan fingerprint density at radius 3 is 2.56 bits per heavy atom. The van der Waals surface area contributed by atoms with Crippen LogP contribution in [0.15, 0.2) is 0 Å². The smallest absolute Gasteiger partial charge is 0.404 e. The van der Waals surface area contributed by atoms with Gasteiger partial charge in [-0.25, -0.2) is 0 Å². The van der Waals surface area contributed by atoms with Crippen molar-refractivity contribution in [2.75, 3.05) is 0 Å². The van der Waals surface area contributed by atoms with Crippen molar-refractivity contribution in [1.29, 1.82) is 0 Å². The van der Waals surface area contributed by atoms with Gasteiger partial charge in [-0.1, -0.05) is 20.8 Å². The van der Waals surface area contributed by atoms with Gasteiger partial charge < -0.3 is 9.31 Å². The van der Waals surface area contributed by atoms with E-state index in [0.29, 0.717) is 11.3 Å². The summed E-state index contributed by atoms with van der Waals surface area (Å²) in [5.74, 6) is 1.44. The van der Waals surface area contributed by atoms with Crippen molar-refractivity contribution < 1.29 is 9.31 Å². The van der Waals surface area contributed by atoms with Gasteiger partial charge in [-0.3, -0.25) is 0 Å². The molecule has 2 unspecified atom stereocenters. The van der Waals surface area contributed by atoms with E-state index in [2.05, 4.69) is 20.8 Å². The van der Waals surface area contributed by atoms with E-state index in [4.69, 9.17) is 20.9 Å². The lowest BCUT2D eigenvalue weighted by Crippen LogP contribution is -2.65. The lowest BCUT2D eigenvalue weighted by molar-refractivity contribution is -0.199. The lowest BCUT2D eigenvalue weighted by atomic mass is 9.43. The second kappa shape index (κ2) is 3.18. The molecule has 3 aliphatic carbocycles. The summed E-state index contributed by atoms with van der Waals surface area (Å²) >= 11 is 6.09. The molecule has 1 aliphatic heterocycles. The highest BCUT2D eigenvalue weighted by molar-refractivity contribution is 6.59. The van der Waals surface area contributed by atoms with Gasteiger partial charge in [0.1, 0.15) is 0 Å². The normalized spacial score (nSPS) is 50.8. The summed E-state index contributed by atoms with van der Waals surface area (Å²) in [6.07, 6.45) is 2.70. The minimum atomic E-state index is -0.216. The Bertz CT molecular complexity index is 320. The first kappa shape index (κ1) is 11.4. The van der Waals surface area contributed by atoms with Crippen molar-refractivity contribution in [3.8, 4) is 0 Å². The fraction of sp³-hybridized carbons (Fsp3) is 1.00. The number of hydrogen-bond acceptors (Lipinski definition) is 2. The Balaban J connectivity index is 1.87. The van der Waals surface area contributed by atoms with Gasteiger partial charge in [0.15, 0.2) is 0 Å². The first-order chi connectivity index (χ1) is 7.35. The zero-order chi connectivity index (χ0) is 11.7. The predicted molar refractivity (Wildman–Crippen MR) is 65.4 cm³/mol. The van der Waals surface area contributed by atoms with Gasteiger partial charge in [-0.2, -0.15) is 0 Å². The minimum absolute atomic E-state index is 0.0669. The number of rotatable bonds is 1. The molecule has 2 nitrogen and oxygen atoms in total. The molecule has 1 heterocycles. The monoisotopic (exact) mass is 242 g/mol. The van der Waals surface area contributed by atoms with Crippen LogP contribution in [0, 0.1) is 17.3 Å². The Morgan fingerprint density at radius 2 is 2.00 bits per heavy atom. The van der Waals surface area contributed by atoms with Crippen LogP contribution in [0.1, 0.15) is 40.5 Å². The van der Waals surface area contributed by atoms with E-state index in [1.165, 1.54) is 6.42 Å². The zero-order valence-electron chi connectivity index (χ0n) is 10.5. The molecule has 4 heteroatoms. The van der Waals surface area contributed by atoms with E-state index in [1.807, 2.05) is 6.92 Å². The van der Waals surface area contributed by atoms with Crippen LogP contribution in [0.3, 0.4) is 0 Å². The molecule has 3 saturated carbocycles. The average Bonchev–Trinajstić information content (AvgIpc) is 2.54. The van der Waals surface area contributed by atoms with Gasteiger partial charge in [-0.05, 0) is 37.0 Å². The highest BCUT2D eigenvalue weighted by atomic mass is 35.5. The third kappa shape index (κ3) is 1.23. The second-order valence-corrected chi connectivity index (χ2v) is 7.20. The molecule has 5 atom stereocenters. The summed E-state index contributed by atoms with van der Waals surface area (Å²) in [5.41, 5.74) is 0.311. The summed E-state index contributed by atoms with van der Waals surface area (Å²) in [4.78, 5) is 0. The van der Waals surface area contributed by atoms with Crippen molar-refractivity contribution in [2.45, 2.75) is 57.5 Å². The number of hydrogen-bond donors (Lipinski definition) is 0. The number of halogens is 1. The molecule has 0 radical (unpaired) electrons. The van der Waals surface area contributed by atoms with Crippen LogP contribution in [-0.4, -0.2) is 24.1 Å². The van der Waals surface area contributed by atoms with E-state index >= 15 is 0 Å². The Kier molecular flexibility index (Phi) is 2.26. The van der Waals surface area contributed by atoms with Crippen molar-refractivity contribution in [3.05, 3.63) is 0 Å². The van der Waals surface area contributed by atoms with E-state index in [-0.39, 0.29) is 24.1 Å². The van der Waals surface area contributed by atoms with Crippen LogP contribution in [0.25, 0.3) is 0 Å². The van der Waals surface area contributed by atoms with E-state index in [1.54, 1.807) is 0 Å². The van der Waals surface area contributed by atoms with Crippen molar-refractivity contribution in [1.82, 2.24) is 0 Å². The molecule has 1 saturated heterocycles. The van der Waals surface area contributed by atoms with Crippen molar-refractivity contribution in [3.63, 3.8) is 0 Å². The Labute approximate surface area is 103 Å². The molecule has 90 valence electrons. The van der Waals surface area contributed by atoms with Gasteiger partial charge in [0.05, 0.1) is 17.0 Å². The van der Waals surface area contributed by atoms with E-state index in [0.717, 1.165) is 12.3 Å². The van der Waals surface area contributed by atoms with Crippen LogP contribution < -0.4 is 0 Å². The van der Waals surface area contributed by atoms with E-state index < -0.39 is 0 Å². The third-order valence-corrected chi connectivity index (χ3v) is 5.55. The first-order valence-corrected chi connectivity index (χ1v) is 6.76. The summed E-state index contributed by atoms with van der Waals surface area (Å²) < 4.78 is 12.1.